The Balaban J connectivity index is 2.32. The normalized spacial score (nSPS) is 10.2. The number of nitro benzene ring substituents is 1. The number of benzene rings is 1. The molecular formula is C15H14N2O4. The number of aromatic nitrogens is 1. The average Bonchev–Trinajstić information content (AvgIpc) is 2.42. The molecule has 1 aromatic carbocycles. The van der Waals surface area contributed by atoms with Gasteiger partial charge in [-0.1, -0.05) is 0 Å². The molecule has 2 aromatic rings. The van der Waals surface area contributed by atoms with Crippen molar-refractivity contribution in [2.75, 3.05) is 0 Å². The van der Waals surface area contributed by atoms with Gasteiger partial charge in [-0.15, -0.1) is 0 Å². The van der Waals surface area contributed by atoms with Gasteiger partial charge in [-0.25, -0.2) is 4.98 Å². The van der Waals surface area contributed by atoms with Crippen LogP contribution in [0, 0.1) is 24.0 Å². The Bertz CT molecular complexity index is 708. The zero-order chi connectivity index (χ0) is 15.6. The van der Waals surface area contributed by atoms with Crippen molar-refractivity contribution in [1.29, 1.82) is 0 Å². The highest BCUT2D eigenvalue weighted by Gasteiger charge is 2.15. The zero-order valence-corrected chi connectivity index (χ0v) is 11.9. The van der Waals surface area contributed by atoms with Gasteiger partial charge in [0, 0.05) is 23.4 Å². The molecule has 21 heavy (non-hydrogen) atoms. The van der Waals surface area contributed by atoms with Crippen LogP contribution in [0.1, 0.15) is 28.4 Å². The fourth-order valence-electron chi connectivity index (χ4n) is 1.89. The van der Waals surface area contributed by atoms with Crippen molar-refractivity contribution < 1.29 is 14.5 Å². The SMILES string of the molecule is CC(=O)c1ccc(Oc2cc([N+](=O)[O-])c(C)cc2C)nc1. The molecule has 0 fully saturated rings. The van der Waals surface area contributed by atoms with Gasteiger partial charge in [0.1, 0.15) is 5.75 Å². The summed E-state index contributed by atoms with van der Waals surface area (Å²) in [5.74, 6) is 0.563. The lowest BCUT2D eigenvalue weighted by molar-refractivity contribution is -0.385. The minimum Gasteiger partial charge on any atom is -0.439 e. The van der Waals surface area contributed by atoms with Crippen LogP contribution in [0.3, 0.4) is 0 Å². The summed E-state index contributed by atoms with van der Waals surface area (Å²) in [5, 5.41) is 11.0. The first-order valence-electron chi connectivity index (χ1n) is 6.29. The topological polar surface area (TPSA) is 82.3 Å². The van der Waals surface area contributed by atoms with E-state index in [9.17, 15) is 14.9 Å². The Labute approximate surface area is 121 Å². The van der Waals surface area contributed by atoms with E-state index in [0.717, 1.165) is 5.56 Å². The second-order valence-corrected chi connectivity index (χ2v) is 4.70. The molecule has 0 aliphatic heterocycles. The molecule has 1 heterocycles. The lowest BCUT2D eigenvalue weighted by atomic mass is 10.1. The van der Waals surface area contributed by atoms with E-state index in [2.05, 4.69) is 4.98 Å². The standard InChI is InChI=1S/C15H14N2O4/c1-9-6-10(2)14(7-13(9)17(19)20)21-15-5-4-12(8-16-15)11(3)18/h4-8H,1-3H3. The molecule has 2 rings (SSSR count). The number of rotatable bonds is 4. The van der Waals surface area contributed by atoms with E-state index in [4.69, 9.17) is 4.74 Å². The van der Waals surface area contributed by atoms with Crippen LogP contribution in [0.2, 0.25) is 0 Å². The van der Waals surface area contributed by atoms with E-state index in [1.807, 2.05) is 0 Å². The summed E-state index contributed by atoms with van der Waals surface area (Å²) in [4.78, 5) is 25.7. The molecule has 6 nitrogen and oxygen atoms in total. The van der Waals surface area contributed by atoms with Crippen molar-refractivity contribution in [2.45, 2.75) is 20.8 Å². The van der Waals surface area contributed by atoms with Crippen LogP contribution in [0.5, 0.6) is 11.6 Å². The van der Waals surface area contributed by atoms with Crippen LogP contribution in [0.15, 0.2) is 30.5 Å². The second-order valence-electron chi connectivity index (χ2n) is 4.70. The molecule has 1 aromatic heterocycles. The summed E-state index contributed by atoms with van der Waals surface area (Å²) in [6, 6.07) is 6.23. The van der Waals surface area contributed by atoms with Crippen molar-refractivity contribution in [3.05, 3.63) is 57.3 Å². The maximum Gasteiger partial charge on any atom is 0.276 e. The number of pyridine rings is 1. The zero-order valence-electron chi connectivity index (χ0n) is 11.9. The third-order valence-corrected chi connectivity index (χ3v) is 3.05. The van der Waals surface area contributed by atoms with Crippen LogP contribution < -0.4 is 4.74 Å². The molecule has 0 bridgehead atoms. The molecule has 0 aliphatic rings. The monoisotopic (exact) mass is 286 g/mol. The maximum atomic E-state index is 11.2. The van der Waals surface area contributed by atoms with Crippen molar-refractivity contribution in [2.24, 2.45) is 0 Å². The van der Waals surface area contributed by atoms with Crippen molar-refractivity contribution in [3.63, 3.8) is 0 Å². The third kappa shape index (κ3) is 3.22. The van der Waals surface area contributed by atoms with E-state index < -0.39 is 4.92 Å². The van der Waals surface area contributed by atoms with Gasteiger partial charge >= 0.3 is 0 Å². The molecule has 0 saturated heterocycles. The second kappa shape index (κ2) is 5.70. The van der Waals surface area contributed by atoms with Crippen molar-refractivity contribution >= 4 is 11.5 Å². The van der Waals surface area contributed by atoms with Gasteiger partial charge in [-0.05, 0) is 38.5 Å². The number of Topliss-reactive ketones (excluding diaryl/α,β-unsaturated/α-hetero) is 1. The smallest absolute Gasteiger partial charge is 0.276 e. The van der Waals surface area contributed by atoms with E-state index in [0.29, 0.717) is 16.9 Å². The van der Waals surface area contributed by atoms with Crippen LogP contribution in [0.25, 0.3) is 0 Å². The third-order valence-electron chi connectivity index (χ3n) is 3.05. The number of nitro groups is 1. The molecular weight excluding hydrogens is 272 g/mol. The summed E-state index contributed by atoms with van der Waals surface area (Å²) < 4.78 is 5.56. The fourth-order valence-corrected chi connectivity index (χ4v) is 1.89. The predicted octanol–water partition coefficient (Wildman–Crippen LogP) is 3.60. The molecule has 0 unspecified atom stereocenters. The van der Waals surface area contributed by atoms with Crippen molar-refractivity contribution in [3.8, 4) is 11.6 Å². The first-order valence-corrected chi connectivity index (χ1v) is 6.29. The Kier molecular flexibility index (Phi) is 3.98. The van der Waals surface area contributed by atoms with E-state index in [1.165, 1.54) is 19.2 Å². The summed E-state index contributed by atoms with van der Waals surface area (Å²) in [7, 11) is 0. The largest absolute Gasteiger partial charge is 0.439 e. The quantitative estimate of drug-likeness (QED) is 0.487. The number of aryl methyl sites for hydroxylation is 2. The molecule has 0 spiro atoms. The van der Waals surface area contributed by atoms with Crippen molar-refractivity contribution in [1.82, 2.24) is 4.98 Å². The lowest BCUT2D eigenvalue weighted by Gasteiger charge is -2.09. The van der Waals surface area contributed by atoms with Crippen LogP contribution in [-0.2, 0) is 0 Å². The first kappa shape index (κ1) is 14.6. The Morgan fingerprint density at radius 3 is 2.48 bits per heavy atom. The number of ether oxygens (including phenoxy) is 1. The van der Waals surface area contributed by atoms with Gasteiger partial charge in [0.05, 0.1) is 11.0 Å². The van der Waals surface area contributed by atoms with Gasteiger partial charge < -0.3 is 4.74 Å². The van der Waals surface area contributed by atoms with Gasteiger partial charge in [-0.2, -0.15) is 0 Å². The molecule has 0 radical (unpaired) electrons. The maximum absolute atomic E-state index is 11.2. The lowest BCUT2D eigenvalue weighted by Crippen LogP contribution is -1.97. The van der Waals surface area contributed by atoms with Gasteiger partial charge in [0.25, 0.3) is 5.69 Å². The number of nitrogens with zero attached hydrogens (tertiary/aromatic N) is 2. The highest BCUT2D eigenvalue weighted by atomic mass is 16.6. The average molecular weight is 286 g/mol. The first-order chi connectivity index (χ1) is 9.88. The Morgan fingerprint density at radius 2 is 1.95 bits per heavy atom. The minimum atomic E-state index is -0.450. The molecule has 6 heteroatoms. The predicted molar refractivity (Wildman–Crippen MR) is 76.9 cm³/mol. The Hall–Kier alpha value is -2.76. The van der Waals surface area contributed by atoms with E-state index in [-0.39, 0.29) is 17.4 Å². The summed E-state index contributed by atoms with van der Waals surface area (Å²) in [6.07, 6.45) is 1.41. The van der Waals surface area contributed by atoms with Gasteiger partial charge in [0.2, 0.25) is 5.88 Å². The summed E-state index contributed by atoms with van der Waals surface area (Å²) in [5.41, 5.74) is 1.82. The van der Waals surface area contributed by atoms with Gasteiger partial charge in [0.15, 0.2) is 5.78 Å². The number of hydrogen-bond acceptors (Lipinski definition) is 5. The molecule has 0 N–H and O–H groups in total. The van der Waals surface area contributed by atoms with E-state index >= 15 is 0 Å². The Morgan fingerprint density at radius 1 is 1.24 bits per heavy atom. The minimum absolute atomic E-state index is 0.00374. The number of ketones is 1. The summed E-state index contributed by atoms with van der Waals surface area (Å²) >= 11 is 0. The number of carbonyl (C=O) groups is 1. The fraction of sp³-hybridized carbons (Fsp3) is 0.200. The highest BCUT2D eigenvalue weighted by Crippen LogP contribution is 2.30. The molecule has 0 aliphatic carbocycles. The molecule has 108 valence electrons. The van der Waals surface area contributed by atoms with E-state index in [1.54, 1.807) is 32.0 Å². The molecule has 0 atom stereocenters. The number of carbonyl (C=O) groups excluding carboxylic acids is 1. The van der Waals surface area contributed by atoms with Crippen LogP contribution >= 0.6 is 0 Å². The van der Waals surface area contributed by atoms with Gasteiger partial charge in [-0.3, -0.25) is 14.9 Å². The molecule has 0 amide bonds. The number of hydrogen-bond donors (Lipinski definition) is 0. The van der Waals surface area contributed by atoms with Crippen LogP contribution in [-0.4, -0.2) is 15.7 Å². The molecule has 0 saturated carbocycles. The summed E-state index contributed by atoms with van der Waals surface area (Å²) in [6.45, 7) is 4.93. The van der Waals surface area contributed by atoms with Crippen LogP contribution in [0.4, 0.5) is 5.69 Å². The highest BCUT2D eigenvalue weighted by molar-refractivity contribution is 5.93.